The molecule has 0 bridgehead atoms. The molecule has 0 saturated heterocycles. The molecule has 0 spiro atoms. The van der Waals surface area contributed by atoms with Gasteiger partial charge in [-0.2, -0.15) is 5.26 Å². The number of nitrogens with zero attached hydrogens (tertiary/aromatic N) is 2. The van der Waals surface area contributed by atoms with Crippen molar-refractivity contribution in [2.75, 3.05) is 11.9 Å². The molecule has 1 aliphatic rings. The summed E-state index contributed by atoms with van der Waals surface area (Å²) in [4.78, 5) is 2.15. The second-order valence-corrected chi connectivity index (χ2v) is 8.56. The Bertz CT molecular complexity index is 1720. The SMILES string of the molecule is CN1c2ccccc2Oc2ccccc21.N#Cc1cc2c3ccccc3ccc2c2ccccc12. The second-order valence-electron chi connectivity index (χ2n) is 8.56. The number of para-hydroxylation sites is 4. The molecule has 0 amide bonds. The molecule has 35 heavy (non-hydrogen) atoms. The van der Waals surface area contributed by atoms with Gasteiger partial charge in [0.25, 0.3) is 0 Å². The molecular formula is C32H22N2O. The highest BCUT2D eigenvalue weighted by Crippen LogP contribution is 2.45. The summed E-state index contributed by atoms with van der Waals surface area (Å²) < 4.78 is 5.81. The molecule has 1 heterocycles. The van der Waals surface area contributed by atoms with Crippen molar-refractivity contribution in [2.24, 2.45) is 0 Å². The first kappa shape index (κ1) is 20.8. The molecular weight excluding hydrogens is 428 g/mol. The maximum atomic E-state index is 9.42. The summed E-state index contributed by atoms with van der Waals surface area (Å²) in [6.07, 6.45) is 0. The van der Waals surface area contributed by atoms with Crippen molar-refractivity contribution in [3.05, 3.63) is 121 Å². The van der Waals surface area contributed by atoms with E-state index >= 15 is 0 Å². The van der Waals surface area contributed by atoms with E-state index in [1.54, 1.807) is 0 Å². The molecule has 0 saturated carbocycles. The minimum atomic E-state index is 0.740. The molecule has 0 aliphatic carbocycles. The lowest BCUT2D eigenvalue weighted by Gasteiger charge is -2.29. The predicted molar refractivity (Wildman–Crippen MR) is 145 cm³/mol. The van der Waals surface area contributed by atoms with Gasteiger partial charge in [0.2, 0.25) is 0 Å². The third-order valence-corrected chi connectivity index (χ3v) is 6.56. The molecule has 0 atom stereocenters. The van der Waals surface area contributed by atoms with Crippen LogP contribution >= 0.6 is 0 Å². The fourth-order valence-electron chi connectivity index (χ4n) is 4.84. The Balaban J connectivity index is 0.000000136. The number of fused-ring (bicyclic) bond motifs is 7. The minimum absolute atomic E-state index is 0.740. The number of benzene rings is 6. The number of hydrogen-bond acceptors (Lipinski definition) is 3. The van der Waals surface area contributed by atoms with E-state index in [0.29, 0.717) is 0 Å². The molecule has 0 fully saturated rings. The third kappa shape index (κ3) is 3.53. The molecule has 7 rings (SSSR count). The molecule has 6 aromatic carbocycles. The largest absolute Gasteiger partial charge is 0.453 e. The van der Waals surface area contributed by atoms with Crippen molar-refractivity contribution in [3.63, 3.8) is 0 Å². The van der Waals surface area contributed by atoms with Gasteiger partial charge >= 0.3 is 0 Å². The lowest BCUT2D eigenvalue weighted by atomic mass is 9.94. The van der Waals surface area contributed by atoms with E-state index in [0.717, 1.165) is 44.6 Å². The fourth-order valence-corrected chi connectivity index (χ4v) is 4.84. The van der Waals surface area contributed by atoms with Crippen LogP contribution in [-0.2, 0) is 0 Å². The molecule has 1 aliphatic heterocycles. The van der Waals surface area contributed by atoms with Crippen LogP contribution in [0.25, 0.3) is 32.3 Å². The van der Waals surface area contributed by atoms with Gasteiger partial charge < -0.3 is 9.64 Å². The van der Waals surface area contributed by atoms with Crippen LogP contribution in [-0.4, -0.2) is 7.05 Å². The summed E-state index contributed by atoms with van der Waals surface area (Å²) in [6.45, 7) is 0. The minimum Gasteiger partial charge on any atom is -0.453 e. The highest BCUT2D eigenvalue weighted by atomic mass is 16.5. The maximum Gasteiger partial charge on any atom is 0.151 e. The quantitative estimate of drug-likeness (QED) is 0.217. The van der Waals surface area contributed by atoms with Crippen LogP contribution in [0.2, 0.25) is 0 Å². The van der Waals surface area contributed by atoms with Gasteiger partial charge in [0.1, 0.15) is 0 Å². The number of nitriles is 1. The van der Waals surface area contributed by atoms with E-state index in [2.05, 4.69) is 60.5 Å². The van der Waals surface area contributed by atoms with Crippen molar-refractivity contribution in [3.8, 4) is 17.6 Å². The van der Waals surface area contributed by atoms with E-state index in [1.165, 1.54) is 16.2 Å². The Morgan fingerprint density at radius 2 is 1.11 bits per heavy atom. The fraction of sp³-hybridized carbons (Fsp3) is 0.0312. The van der Waals surface area contributed by atoms with Crippen LogP contribution in [0.5, 0.6) is 11.5 Å². The van der Waals surface area contributed by atoms with Crippen LogP contribution in [0.1, 0.15) is 5.56 Å². The van der Waals surface area contributed by atoms with Gasteiger partial charge in [-0.05, 0) is 57.3 Å². The number of hydrogen-bond donors (Lipinski definition) is 0. The first-order valence-electron chi connectivity index (χ1n) is 11.6. The van der Waals surface area contributed by atoms with E-state index in [9.17, 15) is 5.26 Å². The average Bonchev–Trinajstić information content (AvgIpc) is 2.93. The van der Waals surface area contributed by atoms with Crippen molar-refractivity contribution in [1.29, 1.82) is 5.26 Å². The van der Waals surface area contributed by atoms with Crippen LogP contribution < -0.4 is 9.64 Å². The highest BCUT2D eigenvalue weighted by Gasteiger charge is 2.19. The summed E-state index contributed by atoms with van der Waals surface area (Å²) in [5, 5.41) is 16.4. The van der Waals surface area contributed by atoms with Crippen molar-refractivity contribution in [2.45, 2.75) is 0 Å². The molecule has 0 unspecified atom stereocenters. The topological polar surface area (TPSA) is 36.3 Å². The zero-order valence-corrected chi connectivity index (χ0v) is 19.3. The van der Waals surface area contributed by atoms with E-state index < -0.39 is 0 Å². The molecule has 0 radical (unpaired) electrons. The normalized spacial score (nSPS) is 11.7. The zero-order chi connectivity index (χ0) is 23.8. The average molecular weight is 451 g/mol. The lowest BCUT2D eigenvalue weighted by molar-refractivity contribution is 0.475. The summed E-state index contributed by atoms with van der Waals surface area (Å²) in [5.74, 6) is 1.83. The standard InChI is InChI=1S/C19H11N.C13H11NO/c20-12-14-11-19-15-6-2-1-5-13(15)9-10-18(19)17-8-4-3-7-16(14)17;1-14-10-6-2-4-8-12(10)15-13-9-5-3-7-11(13)14/h1-11H;2-9H,1H3. The summed E-state index contributed by atoms with van der Waals surface area (Å²) >= 11 is 0. The molecule has 3 nitrogen and oxygen atoms in total. The Labute approximate surface area is 204 Å². The number of ether oxygens (including phenoxy) is 1. The molecule has 6 aromatic rings. The molecule has 0 aromatic heterocycles. The van der Waals surface area contributed by atoms with E-state index in [4.69, 9.17) is 4.74 Å². The number of anilines is 2. The Kier molecular flexibility index (Phi) is 5.05. The van der Waals surface area contributed by atoms with Crippen LogP contribution in [0.4, 0.5) is 11.4 Å². The Morgan fingerprint density at radius 1 is 0.571 bits per heavy atom. The van der Waals surface area contributed by atoms with Gasteiger partial charge in [-0.3, -0.25) is 0 Å². The lowest BCUT2D eigenvalue weighted by Crippen LogP contribution is -2.15. The van der Waals surface area contributed by atoms with Crippen LogP contribution in [0.15, 0.2) is 115 Å². The second kappa shape index (κ2) is 8.52. The molecule has 0 N–H and O–H groups in total. The predicted octanol–water partition coefficient (Wildman–Crippen LogP) is 8.58. The number of rotatable bonds is 0. The summed E-state index contributed by atoms with van der Waals surface area (Å²) in [7, 11) is 2.06. The monoisotopic (exact) mass is 450 g/mol. The maximum absolute atomic E-state index is 9.42. The van der Waals surface area contributed by atoms with Crippen LogP contribution in [0, 0.1) is 11.3 Å². The van der Waals surface area contributed by atoms with Crippen molar-refractivity contribution >= 4 is 43.7 Å². The van der Waals surface area contributed by atoms with Gasteiger partial charge in [0.15, 0.2) is 11.5 Å². The molecule has 166 valence electrons. The Hall–Kier alpha value is -4.81. The van der Waals surface area contributed by atoms with Gasteiger partial charge in [0.05, 0.1) is 23.0 Å². The van der Waals surface area contributed by atoms with Gasteiger partial charge in [0, 0.05) is 12.4 Å². The highest BCUT2D eigenvalue weighted by molar-refractivity contribution is 6.18. The van der Waals surface area contributed by atoms with Crippen LogP contribution in [0.3, 0.4) is 0 Å². The van der Waals surface area contributed by atoms with Crippen molar-refractivity contribution < 1.29 is 4.74 Å². The van der Waals surface area contributed by atoms with Gasteiger partial charge in [-0.1, -0.05) is 84.9 Å². The van der Waals surface area contributed by atoms with Gasteiger partial charge in [-0.25, -0.2) is 0 Å². The smallest absolute Gasteiger partial charge is 0.151 e. The van der Waals surface area contributed by atoms with Crippen molar-refractivity contribution in [1.82, 2.24) is 0 Å². The first-order valence-corrected chi connectivity index (χ1v) is 11.6. The zero-order valence-electron chi connectivity index (χ0n) is 19.3. The summed E-state index contributed by atoms with van der Waals surface area (Å²) in [5.41, 5.74) is 2.96. The Morgan fingerprint density at radius 3 is 1.80 bits per heavy atom. The van der Waals surface area contributed by atoms with E-state index in [-0.39, 0.29) is 0 Å². The van der Waals surface area contributed by atoms with E-state index in [1.807, 2.05) is 72.8 Å². The third-order valence-electron chi connectivity index (χ3n) is 6.56. The molecule has 3 heteroatoms. The van der Waals surface area contributed by atoms with Gasteiger partial charge in [-0.15, -0.1) is 0 Å². The first-order chi connectivity index (χ1) is 17.2. The summed E-state index contributed by atoms with van der Waals surface area (Å²) in [6, 6.07) is 41.2.